The highest BCUT2D eigenvalue weighted by Gasteiger charge is 2.27. The Hall–Kier alpha value is -1.99. The molecular weight excluding hydrogens is 348 g/mol. The van der Waals surface area contributed by atoms with Crippen LogP contribution in [0.3, 0.4) is 0 Å². The number of aromatic nitrogens is 2. The molecular formula is C19H24N4O2S. The van der Waals surface area contributed by atoms with E-state index in [1.807, 2.05) is 0 Å². The van der Waals surface area contributed by atoms with Gasteiger partial charge < -0.3 is 10.6 Å². The van der Waals surface area contributed by atoms with Crippen molar-refractivity contribution in [3.05, 3.63) is 47.3 Å². The molecule has 0 saturated carbocycles. The molecule has 0 bridgehead atoms. The third kappa shape index (κ3) is 3.59. The molecule has 6 nitrogen and oxygen atoms in total. The van der Waals surface area contributed by atoms with E-state index in [1.165, 1.54) is 23.6 Å². The molecule has 2 aliphatic rings. The van der Waals surface area contributed by atoms with Crippen LogP contribution in [0.25, 0.3) is 0 Å². The zero-order chi connectivity index (χ0) is 18.1. The third-order valence-electron chi connectivity index (χ3n) is 5.25. The summed E-state index contributed by atoms with van der Waals surface area (Å²) in [5.41, 5.74) is 3.36. The van der Waals surface area contributed by atoms with Gasteiger partial charge in [0.15, 0.2) is 9.84 Å². The van der Waals surface area contributed by atoms with Gasteiger partial charge in [0.2, 0.25) is 5.95 Å². The fourth-order valence-electron chi connectivity index (χ4n) is 3.96. The Balaban J connectivity index is 1.59. The molecule has 1 aromatic heterocycles. The molecule has 1 aliphatic heterocycles. The van der Waals surface area contributed by atoms with Gasteiger partial charge in [-0.2, -0.15) is 0 Å². The predicted octanol–water partition coefficient (Wildman–Crippen LogP) is 1.93. The first-order valence-corrected chi connectivity index (χ1v) is 11.0. The predicted molar refractivity (Wildman–Crippen MR) is 101 cm³/mol. The number of fused-ring (bicyclic) bond motifs is 1. The number of sulfone groups is 1. The minimum Gasteiger partial charge on any atom is -0.351 e. The first-order valence-electron chi connectivity index (χ1n) is 9.12. The van der Waals surface area contributed by atoms with E-state index in [0.717, 1.165) is 38.8 Å². The van der Waals surface area contributed by atoms with Gasteiger partial charge in [0, 0.05) is 24.8 Å². The summed E-state index contributed by atoms with van der Waals surface area (Å²) in [4.78, 5) is 9.21. The van der Waals surface area contributed by atoms with Crippen molar-refractivity contribution >= 4 is 15.8 Å². The Morgan fingerprint density at radius 3 is 2.54 bits per heavy atom. The second-order valence-electron chi connectivity index (χ2n) is 7.28. The molecule has 7 heteroatoms. The largest absolute Gasteiger partial charge is 0.351 e. The van der Waals surface area contributed by atoms with Crippen molar-refractivity contribution in [2.24, 2.45) is 0 Å². The van der Waals surface area contributed by atoms with Gasteiger partial charge >= 0.3 is 0 Å². The van der Waals surface area contributed by atoms with Crippen molar-refractivity contribution in [3.8, 4) is 0 Å². The van der Waals surface area contributed by atoms with Crippen LogP contribution < -0.4 is 10.6 Å². The minimum atomic E-state index is -3.35. The van der Waals surface area contributed by atoms with Crippen LogP contribution in [0.4, 0.5) is 5.95 Å². The molecule has 26 heavy (non-hydrogen) atoms. The molecule has 0 amide bonds. The average molecular weight is 372 g/mol. The Morgan fingerprint density at radius 1 is 1.19 bits per heavy atom. The number of benzene rings is 1. The molecule has 1 aromatic carbocycles. The fraction of sp³-hybridized carbons (Fsp3) is 0.474. The molecule has 0 unspecified atom stereocenters. The summed E-state index contributed by atoms with van der Waals surface area (Å²) in [6.07, 6.45) is 6.55. The van der Waals surface area contributed by atoms with Gasteiger partial charge in [0.1, 0.15) is 4.90 Å². The lowest BCUT2D eigenvalue weighted by Gasteiger charge is -2.24. The third-order valence-corrected chi connectivity index (χ3v) is 6.36. The number of nitrogens with zero attached hydrogens (tertiary/aromatic N) is 2. The highest BCUT2D eigenvalue weighted by atomic mass is 32.2. The topological polar surface area (TPSA) is 84.0 Å². The van der Waals surface area contributed by atoms with E-state index in [-0.39, 0.29) is 16.9 Å². The van der Waals surface area contributed by atoms with Crippen LogP contribution in [-0.4, -0.2) is 43.8 Å². The van der Waals surface area contributed by atoms with E-state index >= 15 is 0 Å². The van der Waals surface area contributed by atoms with Crippen LogP contribution in [0.5, 0.6) is 0 Å². The van der Waals surface area contributed by atoms with Crippen LogP contribution >= 0.6 is 0 Å². The summed E-state index contributed by atoms with van der Waals surface area (Å²) in [5.74, 6) is 0.633. The van der Waals surface area contributed by atoms with Gasteiger partial charge in [0.25, 0.3) is 0 Å². The minimum absolute atomic E-state index is 0.109. The zero-order valence-electron chi connectivity index (χ0n) is 14.9. The molecule has 1 atom stereocenters. The van der Waals surface area contributed by atoms with E-state index < -0.39 is 9.84 Å². The molecule has 1 saturated heterocycles. The molecule has 4 rings (SSSR count). The van der Waals surface area contributed by atoms with Crippen LogP contribution in [-0.2, 0) is 22.7 Å². The summed E-state index contributed by atoms with van der Waals surface area (Å²) in [7, 11) is -3.35. The van der Waals surface area contributed by atoms with E-state index in [4.69, 9.17) is 0 Å². The summed E-state index contributed by atoms with van der Waals surface area (Å²) >= 11 is 0. The second-order valence-corrected chi connectivity index (χ2v) is 9.26. The average Bonchev–Trinajstić information content (AvgIpc) is 3.03. The SMILES string of the molecule is CS(=O)(=O)c1cnc(NC2Cc3ccccc3C2)nc1[C@H]1CCCNC1. The van der Waals surface area contributed by atoms with Gasteiger partial charge in [0.05, 0.1) is 11.9 Å². The van der Waals surface area contributed by atoms with Crippen molar-refractivity contribution in [3.63, 3.8) is 0 Å². The first kappa shape index (κ1) is 17.4. The maximum atomic E-state index is 12.2. The van der Waals surface area contributed by atoms with E-state index in [0.29, 0.717) is 11.6 Å². The van der Waals surface area contributed by atoms with Crippen molar-refractivity contribution in [1.29, 1.82) is 0 Å². The van der Waals surface area contributed by atoms with Crippen molar-refractivity contribution in [2.45, 2.75) is 42.5 Å². The Kier molecular flexibility index (Phi) is 4.67. The van der Waals surface area contributed by atoms with Gasteiger partial charge in [-0.05, 0) is 43.4 Å². The standard InChI is InChI=1S/C19H24N4O2S/c1-26(24,25)17-12-21-19(23-18(17)15-7-4-8-20-11-15)22-16-9-13-5-2-3-6-14(13)10-16/h2-3,5-6,12,15-16,20H,4,7-11H2,1H3,(H,21,22,23)/t15-/m0/s1. The van der Waals surface area contributed by atoms with Gasteiger partial charge in [-0.1, -0.05) is 24.3 Å². The van der Waals surface area contributed by atoms with E-state index in [2.05, 4.69) is 44.9 Å². The van der Waals surface area contributed by atoms with Gasteiger partial charge in [-0.25, -0.2) is 18.4 Å². The van der Waals surface area contributed by atoms with E-state index in [1.54, 1.807) is 0 Å². The summed E-state index contributed by atoms with van der Waals surface area (Å²) < 4.78 is 24.4. The highest BCUT2D eigenvalue weighted by molar-refractivity contribution is 7.90. The summed E-state index contributed by atoms with van der Waals surface area (Å²) in [6.45, 7) is 1.73. The molecule has 2 heterocycles. The lowest BCUT2D eigenvalue weighted by Crippen LogP contribution is -2.30. The normalized spacial score (nSPS) is 20.7. The van der Waals surface area contributed by atoms with Crippen LogP contribution in [0.15, 0.2) is 35.4 Å². The number of rotatable bonds is 4. The fourth-order valence-corrected chi connectivity index (χ4v) is 4.80. The molecule has 2 aromatic rings. The first-order chi connectivity index (χ1) is 12.5. The number of hydrogen-bond acceptors (Lipinski definition) is 6. The van der Waals surface area contributed by atoms with Gasteiger partial charge in [-0.3, -0.25) is 0 Å². The highest BCUT2D eigenvalue weighted by Crippen LogP contribution is 2.29. The number of piperidine rings is 1. The molecule has 1 fully saturated rings. The summed E-state index contributed by atoms with van der Waals surface area (Å²) in [6, 6.07) is 8.68. The lowest BCUT2D eigenvalue weighted by molar-refractivity contribution is 0.448. The smallest absolute Gasteiger partial charge is 0.223 e. The number of hydrogen-bond donors (Lipinski definition) is 2. The Bertz CT molecular complexity index is 883. The number of anilines is 1. The molecule has 138 valence electrons. The second kappa shape index (κ2) is 6.96. The molecule has 1 aliphatic carbocycles. The van der Waals surface area contributed by atoms with Crippen molar-refractivity contribution < 1.29 is 8.42 Å². The summed E-state index contributed by atoms with van der Waals surface area (Å²) in [5, 5.41) is 6.75. The molecule has 0 spiro atoms. The zero-order valence-corrected chi connectivity index (χ0v) is 15.7. The van der Waals surface area contributed by atoms with Crippen molar-refractivity contribution in [2.75, 3.05) is 24.7 Å². The monoisotopic (exact) mass is 372 g/mol. The quantitative estimate of drug-likeness (QED) is 0.853. The van der Waals surface area contributed by atoms with Gasteiger partial charge in [-0.15, -0.1) is 0 Å². The van der Waals surface area contributed by atoms with Crippen LogP contribution in [0.2, 0.25) is 0 Å². The van der Waals surface area contributed by atoms with Crippen molar-refractivity contribution in [1.82, 2.24) is 15.3 Å². The van der Waals surface area contributed by atoms with Crippen LogP contribution in [0.1, 0.15) is 35.6 Å². The maximum Gasteiger partial charge on any atom is 0.223 e. The van der Waals surface area contributed by atoms with Crippen LogP contribution in [0, 0.1) is 0 Å². The molecule has 2 N–H and O–H groups in total. The number of nitrogens with one attached hydrogen (secondary N) is 2. The Morgan fingerprint density at radius 2 is 1.92 bits per heavy atom. The lowest BCUT2D eigenvalue weighted by atomic mass is 9.96. The molecule has 0 radical (unpaired) electrons. The maximum absolute atomic E-state index is 12.2. The van der Waals surface area contributed by atoms with E-state index in [9.17, 15) is 8.42 Å². The Labute approximate surface area is 154 Å².